The summed E-state index contributed by atoms with van der Waals surface area (Å²) >= 11 is 0. The van der Waals surface area contributed by atoms with Gasteiger partial charge in [-0.3, -0.25) is 0 Å². The Bertz CT molecular complexity index is 8590. The zero-order valence-corrected chi connectivity index (χ0v) is 67.3. The molecule has 16 heterocycles. The highest BCUT2D eigenvalue weighted by atomic mass is 32.2. The Labute approximate surface area is 719 Å². The van der Waals surface area contributed by atoms with E-state index in [1.54, 1.807) is 36.4 Å². The molecule has 8 aromatic carbocycles. The average molecular weight is 1860 g/mol. The van der Waals surface area contributed by atoms with Crippen LogP contribution in [0.3, 0.4) is 0 Å². The number of aryl methyl sites for hydroxylation is 1. The van der Waals surface area contributed by atoms with E-state index < -0.39 is 261 Å². The van der Waals surface area contributed by atoms with Crippen LogP contribution in [0.15, 0.2) is 220 Å². The van der Waals surface area contributed by atoms with E-state index in [2.05, 4.69) is 72.9 Å². The fourth-order valence-electron chi connectivity index (χ4n) is 21.0. The number of halogens is 20. The van der Waals surface area contributed by atoms with Gasteiger partial charge in [-0.25, -0.2) is 122 Å². The molecule has 0 saturated heterocycles. The lowest BCUT2D eigenvalue weighted by Gasteiger charge is -2.44. The number of hydrogen-bond donors (Lipinski definition) is 0. The second-order valence-corrected chi connectivity index (χ2v) is 36.1. The molecule has 6 atom stereocenters. The van der Waals surface area contributed by atoms with Gasteiger partial charge in [0, 0.05) is 53.4 Å². The van der Waals surface area contributed by atoms with Gasteiger partial charge in [0.25, 0.3) is 0 Å². The molecular formula is C91H39F20N8O9S3+. The molecule has 0 saturated carbocycles. The van der Waals surface area contributed by atoms with Crippen molar-refractivity contribution in [1.29, 1.82) is 0 Å². The Balaban J connectivity index is 0.000000150. The van der Waals surface area contributed by atoms with Gasteiger partial charge in [-0.15, -0.1) is 9.15 Å². The molecule has 0 bridgehead atoms. The Hall–Kier alpha value is -14.2. The van der Waals surface area contributed by atoms with Crippen molar-refractivity contribution in [3.8, 4) is 0 Å². The lowest BCUT2D eigenvalue weighted by Crippen LogP contribution is -2.74. The first-order chi connectivity index (χ1) is 62.2. The molecule has 12 aromatic rings. The van der Waals surface area contributed by atoms with E-state index in [9.17, 15) is 56.5 Å². The molecule has 654 valence electrons. The first-order valence-corrected chi connectivity index (χ1v) is 43.0. The SMILES string of the molecule is Cc1ccc(C2=C3C=CC4=[N+]3C35n6c2ccc6C(c2ccc(S(=O)(=O)[O-])cc2)C2C=CC(=[N+]23)C(c2ccc(S(=O)(=O)[O-])cc2)=c2ccc(n25)=C4c2ccc(S(=O)(=O)[O-])cc2)cc1.Fc1c(F)c(F)c(C2=C3C=CC4=[N+]3C35n6c2ccc6C(c2c(F)c(F)c(F)c(F)c2F)C2C=CC(=[N+]23)C(c2c(F)c(F)c(F)c(F)c2F)=c2ccc(n25)=C4c2c(F)c(F)c(F)c(F)c2F)c(F)c1F. The fourth-order valence-corrected chi connectivity index (χ4v) is 22.4. The molecule has 12 aliphatic rings. The summed E-state index contributed by atoms with van der Waals surface area (Å²) in [5.74, 6) is -58.6. The van der Waals surface area contributed by atoms with Crippen molar-refractivity contribution in [3.05, 3.63) is 416 Å². The summed E-state index contributed by atoms with van der Waals surface area (Å²) in [5, 5.41) is -0.0554. The predicted molar refractivity (Wildman–Crippen MR) is 413 cm³/mol. The van der Waals surface area contributed by atoms with Crippen LogP contribution in [0.4, 0.5) is 87.8 Å². The van der Waals surface area contributed by atoms with Gasteiger partial charge in [0.05, 0.1) is 109 Å². The van der Waals surface area contributed by atoms with E-state index in [0.717, 1.165) is 130 Å². The largest absolute Gasteiger partial charge is 0.744 e. The van der Waals surface area contributed by atoms with Crippen molar-refractivity contribution in [3.63, 3.8) is 0 Å². The van der Waals surface area contributed by atoms with Crippen molar-refractivity contribution in [1.82, 2.24) is 18.3 Å². The van der Waals surface area contributed by atoms with Crippen molar-refractivity contribution >= 4 is 86.6 Å². The standard InChI is InChI=1S/C46H30N4O9S3.C45H10F20N4/c1-26-2-4-27(5-3-26)42-34-18-20-36-43(28-6-12-31(13-7-28)60(51,52)53)38-22-24-40-45(30-10-16-33(17-11-30)62(57,58)59)41-25-23-39-44(29-8-14-32(15-9-29)61(54,55)56)37-21-19-35(42)48(37)46(47(34)36,49(38)40)50(39)41;46-25-21(26(47)34(55)41(62)33(25)54)17-9-1-2-10-18(22-27(48)35(56)42(63)36(57)28(22)49)12-5-6-14-20(24-31(52)39(60)44(65)40(61)32(24)53)16-8-7-15-19(23-29(50)37(58)43(64)38(59)30(23)51)13-4-3-11(17)67(13)45(66(9)10,68(12)14)69(15)16/h2-25,38,43H,1H3,(H-2,51,52,53,54,55,56,57,58,59);1-9,17H/q;+2/p-1. The van der Waals surface area contributed by atoms with Gasteiger partial charge in [0.2, 0.25) is 57.5 Å². The number of nitrogens with zero attached hydrogens (tertiary/aromatic N) is 8. The first-order valence-electron chi connectivity index (χ1n) is 38.8. The smallest absolute Gasteiger partial charge is 0.548 e. The van der Waals surface area contributed by atoms with Crippen LogP contribution in [0.5, 0.6) is 0 Å². The molecule has 0 amide bonds. The molecule has 17 nitrogen and oxygen atoms in total. The van der Waals surface area contributed by atoms with Gasteiger partial charge in [-0.1, -0.05) is 75.4 Å². The molecule has 6 unspecified atom stereocenters. The zero-order chi connectivity index (χ0) is 92.1. The molecule has 4 aromatic heterocycles. The molecule has 24 rings (SSSR count). The van der Waals surface area contributed by atoms with Crippen molar-refractivity contribution in [2.45, 2.75) is 57.4 Å². The molecule has 40 heteroatoms. The van der Waals surface area contributed by atoms with Gasteiger partial charge < -0.3 is 13.7 Å². The van der Waals surface area contributed by atoms with Crippen LogP contribution in [0, 0.1) is 123 Å². The molecule has 0 radical (unpaired) electrons. The quantitative estimate of drug-likeness (QED) is 0.0397. The minimum absolute atomic E-state index is 0.341. The molecule has 0 fully saturated rings. The number of allylic oxidation sites excluding steroid dienone is 6. The van der Waals surface area contributed by atoms with Crippen LogP contribution in [0.25, 0.3) is 33.4 Å². The summed E-state index contributed by atoms with van der Waals surface area (Å²) in [6.45, 7) is 2.03. The average Bonchev–Trinajstić information content (AvgIpc) is 1.46. The normalized spacial score (nSPS) is 20.9. The third-order valence-corrected chi connectivity index (χ3v) is 28.4. The van der Waals surface area contributed by atoms with E-state index in [-0.39, 0.29) is 14.7 Å². The second-order valence-electron chi connectivity index (χ2n) is 32.0. The van der Waals surface area contributed by atoms with Gasteiger partial charge in [0.15, 0.2) is 105 Å². The van der Waals surface area contributed by atoms with Gasteiger partial charge in [0.1, 0.15) is 30.4 Å². The Morgan fingerprint density at radius 2 is 0.588 bits per heavy atom. The lowest BCUT2D eigenvalue weighted by molar-refractivity contribution is -0.867. The van der Waals surface area contributed by atoms with Gasteiger partial charge >= 0.3 is 11.8 Å². The molecular weight excluding hydrogens is 1830 g/mol. The fraction of sp³-hybridized carbons (Fsp3) is 0.0769. The Morgan fingerprint density at radius 1 is 0.290 bits per heavy atom. The van der Waals surface area contributed by atoms with Gasteiger partial charge in [-0.2, -0.15) is 9.13 Å². The minimum Gasteiger partial charge on any atom is -0.744 e. The van der Waals surface area contributed by atoms with Crippen LogP contribution in [0.2, 0.25) is 0 Å². The first kappa shape index (κ1) is 81.3. The number of aromatic nitrogens is 4. The van der Waals surface area contributed by atoms with Crippen LogP contribution in [-0.2, 0) is 42.2 Å². The Morgan fingerprint density at radius 3 is 0.992 bits per heavy atom. The number of benzene rings is 8. The minimum atomic E-state index is -4.75. The summed E-state index contributed by atoms with van der Waals surface area (Å²) in [7, 11) is -14.2. The summed E-state index contributed by atoms with van der Waals surface area (Å²) in [6.07, 6.45) is 11.6. The second kappa shape index (κ2) is 26.5. The van der Waals surface area contributed by atoms with E-state index >= 15 is 70.2 Å². The van der Waals surface area contributed by atoms with Crippen molar-refractivity contribution < 1.29 is 145 Å². The summed E-state index contributed by atoms with van der Waals surface area (Å²) in [4.78, 5) is -1.07. The summed E-state index contributed by atoms with van der Waals surface area (Å²) in [5.41, 5.74) is -3.39. The van der Waals surface area contributed by atoms with Crippen molar-refractivity contribution in [2.75, 3.05) is 0 Å². The highest BCUT2D eigenvalue weighted by Crippen LogP contribution is 2.58. The lowest BCUT2D eigenvalue weighted by atomic mass is 9.84. The monoisotopic (exact) mass is 1860 g/mol. The molecule has 0 aliphatic carbocycles. The van der Waals surface area contributed by atoms with E-state index in [1.165, 1.54) is 36.4 Å². The number of hydrogen-bond acceptors (Lipinski definition) is 9. The summed E-state index contributed by atoms with van der Waals surface area (Å²) < 4.78 is 431. The molecule has 12 aliphatic heterocycles. The topological polar surface area (TPSA) is 203 Å². The maximum absolute atomic E-state index is 16.2. The van der Waals surface area contributed by atoms with Crippen LogP contribution < -0.4 is 21.4 Å². The van der Waals surface area contributed by atoms with Crippen LogP contribution in [0.1, 0.15) is 84.7 Å². The molecule has 131 heavy (non-hydrogen) atoms. The predicted octanol–water partition coefficient (Wildman–Crippen LogP) is 12.1. The number of rotatable bonds is 11. The zero-order valence-electron chi connectivity index (χ0n) is 64.8. The van der Waals surface area contributed by atoms with E-state index in [4.69, 9.17) is 0 Å². The maximum atomic E-state index is 16.2. The molecule has 0 N–H and O–H groups in total. The van der Waals surface area contributed by atoms with E-state index in [0.29, 0.717) is 20.3 Å². The maximum Gasteiger partial charge on any atom is 0.548 e. The Kier molecular flexibility index (Phi) is 16.5. The highest BCUT2D eigenvalue weighted by molar-refractivity contribution is 7.86. The highest BCUT2D eigenvalue weighted by Gasteiger charge is 2.77. The third-order valence-electron chi connectivity index (χ3n) is 25.9. The summed E-state index contributed by atoms with van der Waals surface area (Å²) in [6, 6.07) is 35.0. The third kappa shape index (κ3) is 9.97. The van der Waals surface area contributed by atoms with E-state index in [1.807, 2.05) is 25.1 Å². The van der Waals surface area contributed by atoms with Crippen LogP contribution in [-0.4, -0.2) is 110 Å². The van der Waals surface area contributed by atoms with Crippen molar-refractivity contribution in [2.24, 2.45) is 0 Å². The van der Waals surface area contributed by atoms with Crippen LogP contribution >= 0.6 is 0 Å². The van der Waals surface area contributed by atoms with Gasteiger partial charge in [-0.05, 0) is 126 Å². The molecule has 2 spiro atoms.